The molecule has 2 unspecified atom stereocenters. The van der Waals surface area contributed by atoms with E-state index in [0.29, 0.717) is 13.1 Å². The normalized spacial score (nSPS) is 19.1. The average Bonchev–Trinajstić information content (AvgIpc) is 3.08. The lowest BCUT2D eigenvalue weighted by molar-refractivity contribution is 0.184. The Bertz CT molecular complexity index is 476. The lowest BCUT2D eigenvalue weighted by Gasteiger charge is -2.31. The molecular weight excluding hydrogens is 290 g/mol. The Hall–Kier alpha value is -1.59. The van der Waals surface area contributed by atoms with Gasteiger partial charge in [0.2, 0.25) is 0 Å². The molecule has 0 spiro atoms. The molecule has 2 rings (SSSR count). The topological polar surface area (TPSA) is 55.8 Å². The number of benzene rings is 1. The minimum Gasteiger partial charge on any atom is -0.396 e. The van der Waals surface area contributed by atoms with Gasteiger partial charge < -0.3 is 15.3 Å². The number of carbonyl (C=O) groups excluding carboxylic acids is 1. The summed E-state index contributed by atoms with van der Waals surface area (Å²) in [5, 5.41) is 12.3. The van der Waals surface area contributed by atoms with Crippen molar-refractivity contribution in [1.29, 1.82) is 0 Å². The van der Waals surface area contributed by atoms with Crippen molar-refractivity contribution in [1.82, 2.24) is 15.1 Å². The Morgan fingerprint density at radius 3 is 2.61 bits per heavy atom. The maximum absolute atomic E-state index is 12.4. The minimum absolute atomic E-state index is 0.0194. The molecule has 5 nitrogen and oxygen atoms in total. The van der Waals surface area contributed by atoms with Gasteiger partial charge in [-0.25, -0.2) is 4.79 Å². The van der Waals surface area contributed by atoms with Gasteiger partial charge in [-0.05, 0) is 25.1 Å². The highest BCUT2D eigenvalue weighted by atomic mass is 16.3. The van der Waals surface area contributed by atoms with Crippen molar-refractivity contribution in [3.63, 3.8) is 0 Å². The number of rotatable bonds is 7. The van der Waals surface area contributed by atoms with E-state index in [1.807, 2.05) is 23.1 Å². The summed E-state index contributed by atoms with van der Waals surface area (Å²) in [4.78, 5) is 16.5. The molecule has 23 heavy (non-hydrogen) atoms. The van der Waals surface area contributed by atoms with Gasteiger partial charge in [0.15, 0.2) is 0 Å². The van der Waals surface area contributed by atoms with Gasteiger partial charge in [-0.15, -0.1) is 0 Å². The number of likely N-dealkylation sites (tertiary alicyclic amines) is 1. The number of nitrogens with zero attached hydrogens (tertiary/aromatic N) is 2. The third kappa shape index (κ3) is 4.69. The molecule has 0 bridgehead atoms. The highest BCUT2D eigenvalue weighted by Gasteiger charge is 2.26. The van der Waals surface area contributed by atoms with E-state index in [1.54, 1.807) is 0 Å². The van der Waals surface area contributed by atoms with Crippen LogP contribution in [0.4, 0.5) is 4.79 Å². The van der Waals surface area contributed by atoms with Crippen molar-refractivity contribution >= 4 is 6.03 Å². The summed E-state index contributed by atoms with van der Waals surface area (Å²) in [5.74, 6) is 0.230. The van der Waals surface area contributed by atoms with E-state index < -0.39 is 0 Å². The number of amides is 2. The first-order valence-electron chi connectivity index (χ1n) is 8.62. The predicted octanol–water partition coefficient (Wildman–Crippen LogP) is 2.09. The summed E-state index contributed by atoms with van der Waals surface area (Å²) in [5.41, 5.74) is 1.23. The SMILES string of the molecule is CCN(CC)C(CNC(=O)N1CCC(CO)C1)c1ccccc1. The van der Waals surface area contributed by atoms with Gasteiger partial charge in [-0.1, -0.05) is 44.2 Å². The van der Waals surface area contributed by atoms with Crippen LogP contribution in [0.1, 0.15) is 31.9 Å². The molecule has 2 N–H and O–H groups in total. The summed E-state index contributed by atoms with van der Waals surface area (Å²) in [7, 11) is 0. The summed E-state index contributed by atoms with van der Waals surface area (Å²) >= 11 is 0. The van der Waals surface area contributed by atoms with Crippen LogP contribution in [-0.2, 0) is 0 Å². The smallest absolute Gasteiger partial charge is 0.317 e. The third-order valence-corrected chi connectivity index (χ3v) is 4.72. The first kappa shape index (κ1) is 17.8. The van der Waals surface area contributed by atoms with Gasteiger partial charge >= 0.3 is 6.03 Å². The number of nitrogens with one attached hydrogen (secondary N) is 1. The van der Waals surface area contributed by atoms with E-state index in [1.165, 1.54) is 5.56 Å². The van der Waals surface area contributed by atoms with Crippen molar-refractivity contribution in [3.8, 4) is 0 Å². The maximum atomic E-state index is 12.4. The molecule has 1 aromatic carbocycles. The number of hydrogen-bond acceptors (Lipinski definition) is 3. The van der Waals surface area contributed by atoms with E-state index in [4.69, 9.17) is 0 Å². The maximum Gasteiger partial charge on any atom is 0.317 e. The number of hydrogen-bond donors (Lipinski definition) is 2. The molecule has 0 saturated carbocycles. The monoisotopic (exact) mass is 319 g/mol. The van der Waals surface area contributed by atoms with Crippen LogP contribution >= 0.6 is 0 Å². The zero-order valence-corrected chi connectivity index (χ0v) is 14.2. The van der Waals surface area contributed by atoms with Gasteiger partial charge in [0.05, 0.1) is 6.04 Å². The van der Waals surface area contributed by atoms with Gasteiger partial charge in [0.1, 0.15) is 0 Å². The molecule has 0 aromatic heterocycles. The molecule has 1 heterocycles. The van der Waals surface area contributed by atoms with Gasteiger partial charge in [-0.2, -0.15) is 0 Å². The highest BCUT2D eigenvalue weighted by molar-refractivity contribution is 5.74. The minimum atomic E-state index is -0.0194. The Kier molecular flexibility index (Phi) is 6.86. The first-order chi connectivity index (χ1) is 11.2. The zero-order chi connectivity index (χ0) is 16.7. The van der Waals surface area contributed by atoms with Crippen LogP contribution in [0.5, 0.6) is 0 Å². The van der Waals surface area contributed by atoms with Crippen LogP contribution in [0.3, 0.4) is 0 Å². The van der Waals surface area contributed by atoms with Crippen LogP contribution in [0.25, 0.3) is 0 Å². The van der Waals surface area contributed by atoms with Crippen molar-refractivity contribution in [2.75, 3.05) is 39.3 Å². The van der Waals surface area contributed by atoms with Crippen LogP contribution in [0.2, 0.25) is 0 Å². The number of urea groups is 1. The van der Waals surface area contributed by atoms with Crippen LogP contribution in [0, 0.1) is 5.92 Å². The van der Waals surface area contributed by atoms with Crippen LogP contribution in [-0.4, -0.2) is 60.3 Å². The summed E-state index contributed by atoms with van der Waals surface area (Å²) in [6, 6.07) is 10.5. The summed E-state index contributed by atoms with van der Waals surface area (Å²) in [6.45, 7) is 8.34. The molecule has 1 aliphatic heterocycles. The second kappa shape index (κ2) is 8.89. The van der Waals surface area contributed by atoms with Crippen LogP contribution < -0.4 is 5.32 Å². The molecule has 1 fully saturated rings. The van der Waals surface area contributed by atoms with Crippen molar-refractivity contribution < 1.29 is 9.90 Å². The molecule has 1 aliphatic rings. The molecule has 1 aromatic rings. The van der Waals surface area contributed by atoms with Crippen molar-refractivity contribution in [3.05, 3.63) is 35.9 Å². The molecule has 2 atom stereocenters. The average molecular weight is 319 g/mol. The van der Waals surface area contributed by atoms with E-state index in [9.17, 15) is 9.90 Å². The Balaban J connectivity index is 1.97. The van der Waals surface area contributed by atoms with E-state index >= 15 is 0 Å². The van der Waals surface area contributed by atoms with Gasteiger partial charge in [-0.3, -0.25) is 4.90 Å². The van der Waals surface area contributed by atoms with Crippen molar-refractivity contribution in [2.24, 2.45) is 5.92 Å². The zero-order valence-electron chi connectivity index (χ0n) is 14.2. The van der Waals surface area contributed by atoms with E-state index in [2.05, 4.69) is 36.2 Å². The molecular formula is C18H29N3O2. The third-order valence-electron chi connectivity index (χ3n) is 4.72. The lowest BCUT2D eigenvalue weighted by atomic mass is 10.1. The number of aliphatic hydroxyl groups is 1. The fourth-order valence-corrected chi connectivity index (χ4v) is 3.26. The van der Waals surface area contributed by atoms with Crippen molar-refractivity contribution in [2.45, 2.75) is 26.3 Å². The Morgan fingerprint density at radius 1 is 1.35 bits per heavy atom. The standard InChI is InChI=1S/C18H29N3O2/c1-3-20(4-2)17(16-8-6-5-7-9-16)12-19-18(23)21-11-10-15(13-21)14-22/h5-9,15,17,22H,3-4,10-14H2,1-2H3,(H,19,23). The number of likely N-dealkylation sites (N-methyl/N-ethyl adjacent to an activating group) is 1. The molecule has 1 saturated heterocycles. The highest BCUT2D eigenvalue weighted by Crippen LogP contribution is 2.20. The number of carbonyl (C=O) groups is 1. The van der Waals surface area contributed by atoms with Gasteiger partial charge in [0, 0.05) is 32.2 Å². The van der Waals surface area contributed by atoms with Gasteiger partial charge in [0.25, 0.3) is 0 Å². The fourth-order valence-electron chi connectivity index (χ4n) is 3.26. The predicted molar refractivity (Wildman–Crippen MR) is 92.3 cm³/mol. The summed E-state index contributed by atoms with van der Waals surface area (Å²) in [6.07, 6.45) is 0.891. The molecule has 2 amide bonds. The molecule has 0 aliphatic carbocycles. The van der Waals surface area contributed by atoms with Crippen LogP contribution in [0.15, 0.2) is 30.3 Å². The molecule has 128 valence electrons. The Labute approximate surface area is 139 Å². The largest absolute Gasteiger partial charge is 0.396 e. The lowest BCUT2D eigenvalue weighted by Crippen LogP contribution is -2.43. The second-order valence-electron chi connectivity index (χ2n) is 6.12. The molecule has 5 heteroatoms. The van der Waals surface area contributed by atoms with E-state index in [0.717, 1.165) is 26.1 Å². The Morgan fingerprint density at radius 2 is 2.04 bits per heavy atom. The fraction of sp³-hybridized carbons (Fsp3) is 0.611. The molecule has 0 radical (unpaired) electrons. The van der Waals surface area contributed by atoms with E-state index in [-0.39, 0.29) is 24.6 Å². The quantitative estimate of drug-likeness (QED) is 0.809. The second-order valence-corrected chi connectivity index (χ2v) is 6.12. The first-order valence-corrected chi connectivity index (χ1v) is 8.62. The number of aliphatic hydroxyl groups excluding tert-OH is 1. The summed E-state index contributed by atoms with van der Waals surface area (Å²) < 4.78 is 0.